The Balaban J connectivity index is 1.32. The molecule has 7 nitrogen and oxygen atoms in total. The van der Waals surface area contributed by atoms with Crippen molar-refractivity contribution in [3.05, 3.63) is 114 Å². The normalized spacial score (nSPS) is 11.7. The summed E-state index contributed by atoms with van der Waals surface area (Å²) in [6, 6.07) is 28.3. The largest absolute Gasteiger partial charge is 0.478 e. The molecule has 7 rings (SSSR count). The van der Waals surface area contributed by atoms with Crippen LogP contribution in [0.2, 0.25) is 0 Å². The Morgan fingerprint density at radius 1 is 0.864 bits per heavy atom. The molecule has 1 N–H and O–H groups in total. The van der Waals surface area contributed by atoms with Gasteiger partial charge in [0.1, 0.15) is 11.6 Å². The van der Waals surface area contributed by atoms with Crippen LogP contribution >= 0.6 is 0 Å². The van der Waals surface area contributed by atoms with Gasteiger partial charge in [0.2, 0.25) is 0 Å². The van der Waals surface area contributed by atoms with Crippen LogP contribution in [0, 0.1) is 6.92 Å². The first-order chi connectivity index (χ1) is 21.4. The number of carboxylic acids is 1. The number of unbranched alkanes of at least 4 members (excludes halogenated alkanes) is 2. The van der Waals surface area contributed by atoms with E-state index in [0.29, 0.717) is 12.2 Å². The molecule has 0 spiro atoms. The maximum Gasteiger partial charge on any atom is 0.337 e. The molecule has 0 aliphatic rings. The van der Waals surface area contributed by atoms with Crippen molar-refractivity contribution < 1.29 is 9.90 Å². The molecular weight excluding hydrogens is 546 g/mol. The molecule has 7 aromatic rings. The highest BCUT2D eigenvalue weighted by molar-refractivity contribution is 5.94. The minimum atomic E-state index is -0.935. The first-order valence-corrected chi connectivity index (χ1v) is 15.3. The number of para-hydroxylation sites is 3. The Bertz CT molecular complexity index is 2180. The summed E-state index contributed by atoms with van der Waals surface area (Å²) in [4.78, 5) is 22.1. The first kappa shape index (κ1) is 27.7. The van der Waals surface area contributed by atoms with Gasteiger partial charge in [-0.15, -0.1) is 0 Å². The van der Waals surface area contributed by atoms with E-state index in [4.69, 9.17) is 9.97 Å². The number of carbonyl (C=O) groups is 1. The zero-order chi connectivity index (χ0) is 30.4. The van der Waals surface area contributed by atoms with Gasteiger partial charge in [-0.1, -0.05) is 50.1 Å². The number of imidazole rings is 2. The highest BCUT2D eigenvalue weighted by atomic mass is 16.4. The minimum Gasteiger partial charge on any atom is -0.478 e. The molecule has 7 heteroatoms. The van der Waals surface area contributed by atoms with Gasteiger partial charge >= 0.3 is 5.97 Å². The molecular formula is C37H35N5O2. The maximum absolute atomic E-state index is 11.9. The van der Waals surface area contributed by atoms with Crippen molar-refractivity contribution in [3.63, 3.8) is 0 Å². The predicted octanol–water partition coefficient (Wildman–Crippen LogP) is 8.32. The van der Waals surface area contributed by atoms with Crippen LogP contribution in [0.1, 0.15) is 53.5 Å². The summed E-state index contributed by atoms with van der Waals surface area (Å²) in [5.41, 5.74) is 9.56. The maximum atomic E-state index is 11.9. The molecule has 3 heterocycles. The van der Waals surface area contributed by atoms with Crippen LogP contribution in [0.15, 0.2) is 91.1 Å². The third-order valence-corrected chi connectivity index (χ3v) is 8.66. The highest BCUT2D eigenvalue weighted by Gasteiger charge is 2.18. The number of rotatable bonds is 9. The van der Waals surface area contributed by atoms with E-state index in [2.05, 4.69) is 84.6 Å². The lowest BCUT2D eigenvalue weighted by atomic mass is 10.1. The number of aromatic carboxylic acids is 1. The number of aryl methyl sites for hydroxylation is 3. The summed E-state index contributed by atoms with van der Waals surface area (Å²) < 4.78 is 6.50. The second-order valence-corrected chi connectivity index (χ2v) is 11.6. The molecule has 0 aliphatic heterocycles. The number of aromatic nitrogens is 5. The van der Waals surface area contributed by atoms with E-state index in [1.807, 2.05) is 29.0 Å². The average Bonchev–Trinajstić information content (AvgIpc) is 3.71. The van der Waals surface area contributed by atoms with Crippen molar-refractivity contribution in [3.8, 4) is 17.1 Å². The molecule has 220 valence electrons. The molecule has 0 bridgehead atoms. The smallest absolute Gasteiger partial charge is 0.337 e. The summed E-state index contributed by atoms with van der Waals surface area (Å²) in [5, 5.41) is 10.8. The topological polar surface area (TPSA) is 77.9 Å². The number of benzene rings is 4. The van der Waals surface area contributed by atoms with Crippen LogP contribution in [0.25, 0.3) is 50.0 Å². The molecule has 0 atom stereocenters. The van der Waals surface area contributed by atoms with E-state index in [-0.39, 0.29) is 5.56 Å². The Kier molecular flexibility index (Phi) is 7.01. The van der Waals surface area contributed by atoms with Gasteiger partial charge in [-0.05, 0) is 79.1 Å². The lowest BCUT2D eigenvalue weighted by Crippen LogP contribution is -2.06. The van der Waals surface area contributed by atoms with Gasteiger partial charge in [0.15, 0.2) is 0 Å². The lowest BCUT2D eigenvalue weighted by molar-refractivity contribution is 0.0697. The summed E-state index contributed by atoms with van der Waals surface area (Å²) >= 11 is 0. The van der Waals surface area contributed by atoms with E-state index in [0.717, 1.165) is 75.0 Å². The van der Waals surface area contributed by atoms with Crippen molar-refractivity contribution in [1.29, 1.82) is 0 Å². The fourth-order valence-electron chi connectivity index (χ4n) is 6.42. The third kappa shape index (κ3) is 4.74. The van der Waals surface area contributed by atoms with E-state index in [9.17, 15) is 9.90 Å². The molecule has 0 radical (unpaired) electrons. The Hall–Kier alpha value is -5.17. The van der Waals surface area contributed by atoms with Crippen LogP contribution < -0.4 is 0 Å². The van der Waals surface area contributed by atoms with Gasteiger partial charge in [0.25, 0.3) is 0 Å². The average molecular weight is 582 g/mol. The van der Waals surface area contributed by atoms with Crippen molar-refractivity contribution in [2.75, 3.05) is 0 Å². The van der Waals surface area contributed by atoms with Crippen LogP contribution in [0.5, 0.6) is 0 Å². The lowest BCUT2D eigenvalue weighted by Gasteiger charge is -2.12. The molecule has 0 saturated carbocycles. The highest BCUT2D eigenvalue weighted by Crippen LogP contribution is 2.31. The fourth-order valence-corrected chi connectivity index (χ4v) is 6.42. The molecule has 0 unspecified atom stereocenters. The Morgan fingerprint density at radius 3 is 2.50 bits per heavy atom. The molecule has 0 aliphatic carbocycles. The molecule has 44 heavy (non-hydrogen) atoms. The van der Waals surface area contributed by atoms with E-state index < -0.39 is 5.97 Å². The number of nitrogens with zero attached hydrogens (tertiary/aromatic N) is 5. The summed E-state index contributed by atoms with van der Waals surface area (Å²) in [7, 11) is 2.08. The van der Waals surface area contributed by atoms with E-state index in [1.165, 1.54) is 12.0 Å². The Labute approximate surface area is 256 Å². The van der Waals surface area contributed by atoms with E-state index in [1.54, 1.807) is 12.1 Å². The van der Waals surface area contributed by atoms with Crippen molar-refractivity contribution in [1.82, 2.24) is 23.7 Å². The quantitative estimate of drug-likeness (QED) is 0.174. The van der Waals surface area contributed by atoms with Crippen molar-refractivity contribution in [2.24, 2.45) is 7.05 Å². The second kappa shape index (κ2) is 11.2. The fraction of sp³-hybridized carbons (Fsp3) is 0.216. The van der Waals surface area contributed by atoms with Crippen LogP contribution in [-0.4, -0.2) is 34.7 Å². The zero-order valence-corrected chi connectivity index (χ0v) is 25.3. The summed E-state index contributed by atoms with van der Waals surface area (Å²) in [6.45, 7) is 5.06. The molecule has 0 amide bonds. The minimum absolute atomic E-state index is 0.280. The standard InChI is InChI=1S/C37H35N5O2/c1-4-5-6-15-34-39-35-24(2)20-27(36-38-29-12-8-10-14-32(29)40(36)3)22-33(35)42(34)23-25-16-17-30-26(21-25)18-19-41(30)31-13-9-7-11-28(31)37(43)44/h7-14,16-22H,4-6,15,23H2,1-3H3,(H,43,44). The number of hydrogen-bond acceptors (Lipinski definition) is 3. The van der Waals surface area contributed by atoms with Gasteiger partial charge in [-0.2, -0.15) is 0 Å². The van der Waals surface area contributed by atoms with Gasteiger partial charge in [0, 0.05) is 37.2 Å². The van der Waals surface area contributed by atoms with Crippen molar-refractivity contribution in [2.45, 2.75) is 46.1 Å². The zero-order valence-electron chi connectivity index (χ0n) is 25.3. The SMILES string of the molecule is CCCCCc1nc2c(C)cc(-c3nc4ccccc4n3C)cc2n1Cc1ccc2c(ccn2-c2ccccc2C(=O)O)c1. The van der Waals surface area contributed by atoms with Crippen molar-refractivity contribution >= 4 is 38.9 Å². The van der Waals surface area contributed by atoms with Gasteiger partial charge < -0.3 is 18.8 Å². The molecule has 4 aromatic carbocycles. The van der Waals surface area contributed by atoms with Crippen LogP contribution in [0.4, 0.5) is 0 Å². The molecule has 0 saturated heterocycles. The molecule has 3 aromatic heterocycles. The third-order valence-electron chi connectivity index (χ3n) is 8.66. The van der Waals surface area contributed by atoms with Crippen LogP contribution in [-0.2, 0) is 20.0 Å². The first-order valence-electron chi connectivity index (χ1n) is 15.3. The Morgan fingerprint density at radius 2 is 1.68 bits per heavy atom. The van der Waals surface area contributed by atoms with Crippen LogP contribution in [0.3, 0.4) is 0 Å². The second-order valence-electron chi connectivity index (χ2n) is 11.6. The summed E-state index contributed by atoms with van der Waals surface area (Å²) in [6.07, 6.45) is 6.31. The number of carboxylic acid groups (broad SMARTS) is 1. The molecule has 0 fully saturated rings. The number of fused-ring (bicyclic) bond motifs is 3. The van der Waals surface area contributed by atoms with Gasteiger partial charge in [-0.3, -0.25) is 0 Å². The summed E-state index contributed by atoms with van der Waals surface area (Å²) in [5.74, 6) is 1.11. The van der Waals surface area contributed by atoms with Gasteiger partial charge in [0.05, 0.1) is 38.8 Å². The monoisotopic (exact) mass is 581 g/mol. The number of hydrogen-bond donors (Lipinski definition) is 1. The van der Waals surface area contributed by atoms with Gasteiger partial charge in [-0.25, -0.2) is 14.8 Å². The predicted molar refractivity (Wildman–Crippen MR) is 177 cm³/mol. The van der Waals surface area contributed by atoms with E-state index >= 15 is 0 Å².